The molecule has 9 bridgehead atoms. The molecule has 3 aromatic carbocycles. The summed E-state index contributed by atoms with van der Waals surface area (Å²) in [6, 6.07) is 16.9. The van der Waals surface area contributed by atoms with Gasteiger partial charge in [-0.15, -0.1) is 0 Å². The molecule has 44 heavy (non-hydrogen) atoms. The monoisotopic (exact) mass is 584 g/mol. The van der Waals surface area contributed by atoms with Gasteiger partial charge in [-0.25, -0.2) is 4.98 Å². The van der Waals surface area contributed by atoms with E-state index in [4.69, 9.17) is 14.9 Å². The highest BCUT2D eigenvalue weighted by Crippen LogP contribution is 2.58. The van der Waals surface area contributed by atoms with Gasteiger partial charge in [-0.05, 0) is 48.2 Å². The second-order valence-electron chi connectivity index (χ2n) is 12.0. The Bertz CT molecular complexity index is 2090. The number of nitrogens with zero attached hydrogens (tertiary/aromatic N) is 1. The molecule has 0 saturated carbocycles. The number of para-hydroxylation sites is 1. The van der Waals surface area contributed by atoms with Gasteiger partial charge in [0.2, 0.25) is 17.7 Å². The highest BCUT2D eigenvalue weighted by molar-refractivity contribution is 6.07. The van der Waals surface area contributed by atoms with Crippen molar-refractivity contribution >= 4 is 34.1 Å². The van der Waals surface area contributed by atoms with E-state index in [2.05, 4.69) is 56.3 Å². The van der Waals surface area contributed by atoms with Crippen LogP contribution in [-0.4, -0.2) is 40.1 Å². The Morgan fingerprint density at radius 1 is 1.00 bits per heavy atom. The van der Waals surface area contributed by atoms with Gasteiger partial charge in [0.25, 0.3) is 0 Å². The fraction of sp³-hybridized carbons (Fsp3) is 0.206. The third-order valence-corrected chi connectivity index (χ3v) is 9.33. The molecule has 0 aliphatic carbocycles. The number of anilines is 1. The summed E-state index contributed by atoms with van der Waals surface area (Å²) in [5.74, 6) is 0.793. The summed E-state index contributed by atoms with van der Waals surface area (Å²) < 4.78 is 13.1. The average Bonchev–Trinajstić information content (AvgIpc) is 3.78. The zero-order chi connectivity index (χ0) is 29.7. The Morgan fingerprint density at radius 3 is 2.75 bits per heavy atom. The lowest BCUT2D eigenvalue weighted by atomic mass is 9.74. The van der Waals surface area contributed by atoms with E-state index in [9.17, 15) is 9.59 Å². The van der Waals surface area contributed by atoms with Crippen LogP contribution in [0.1, 0.15) is 35.9 Å². The number of benzene rings is 3. The highest BCUT2D eigenvalue weighted by atomic mass is 16.5. The number of fused-ring (bicyclic) bond motifs is 6. The second-order valence-corrected chi connectivity index (χ2v) is 12.0. The normalized spacial score (nSPS) is 24.7. The maximum absolute atomic E-state index is 13.9. The number of aryl methyl sites for hydroxylation is 1. The van der Waals surface area contributed by atoms with Gasteiger partial charge in [-0.3, -0.25) is 9.59 Å². The number of aromatic nitrogens is 2. The van der Waals surface area contributed by atoms with Crippen molar-refractivity contribution < 1.29 is 18.7 Å². The van der Waals surface area contributed by atoms with Gasteiger partial charge >= 0.3 is 0 Å². The standard InChI is InChI=1S/C34H28N6O4/c1-16(35)29-31(42)38-24-13-34-21-6-2-5-19(18-4-3-7-23-28(18)20(14-36-23)26-15-37-32(24)43-26)30(21)40-33(34)44-25-10-8-17(12-22(25)34)9-11-27(41)39-29/h2-8,10,12-16,29,33,36,40H,9,11,35H2,1H3,(H,38,42)(H,39,41)/b24-13+. The number of nitrogens with two attached hydrogens (primary N) is 1. The summed E-state index contributed by atoms with van der Waals surface area (Å²) >= 11 is 0. The molecule has 1 spiro atoms. The minimum absolute atomic E-state index is 0.206. The van der Waals surface area contributed by atoms with Crippen molar-refractivity contribution in [2.75, 3.05) is 5.32 Å². The van der Waals surface area contributed by atoms with Gasteiger partial charge in [-0.1, -0.05) is 42.5 Å². The van der Waals surface area contributed by atoms with Crippen LogP contribution in [0.15, 0.2) is 77.5 Å². The Balaban J connectivity index is 1.39. The maximum atomic E-state index is 13.9. The maximum Gasteiger partial charge on any atom is 0.248 e. The smallest absolute Gasteiger partial charge is 0.248 e. The van der Waals surface area contributed by atoms with E-state index in [0.717, 1.165) is 55.7 Å². The third-order valence-electron chi connectivity index (χ3n) is 9.33. The molecule has 2 aromatic heterocycles. The van der Waals surface area contributed by atoms with Crippen LogP contribution in [0.5, 0.6) is 5.75 Å². The molecule has 5 aromatic rings. The van der Waals surface area contributed by atoms with Crippen LogP contribution in [0.4, 0.5) is 5.69 Å². The lowest BCUT2D eigenvalue weighted by Gasteiger charge is -2.27. The molecular weight excluding hydrogens is 556 g/mol. The molecule has 0 radical (unpaired) electrons. The first kappa shape index (κ1) is 25.2. The molecule has 2 amide bonds. The van der Waals surface area contributed by atoms with Crippen molar-refractivity contribution in [2.24, 2.45) is 5.73 Å². The fourth-order valence-electron chi connectivity index (χ4n) is 7.24. The first-order chi connectivity index (χ1) is 21.4. The van der Waals surface area contributed by atoms with Crippen LogP contribution in [0, 0.1) is 0 Å². The van der Waals surface area contributed by atoms with E-state index in [1.54, 1.807) is 13.1 Å². The molecule has 6 heterocycles. The SMILES string of the molecule is CC(N)C1NC(=O)CCc2ccc3c(c2)C24/C=C(/NC1=O)c1ncc(o1)-c1c[nH]c5cccc(c15)-c1cccc2c1NC4O3. The molecule has 4 aliphatic heterocycles. The summed E-state index contributed by atoms with van der Waals surface area (Å²) in [4.78, 5) is 34.9. The van der Waals surface area contributed by atoms with Crippen molar-refractivity contribution in [3.63, 3.8) is 0 Å². The Hall–Kier alpha value is -5.35. The predicted molar refractivity (Wildman–Crippen MR) is 165 cm³/mol. The Labute approximate surface area is 251 Å². The molecule has 4 atom stereocenters. The van der Waals surface area contributed by atoms with Crippen molar-refractivity contribution in [2.45, 2.75) is 43.5 Å². The van der Waals surface area contributed by atoms with Gasteiger partial charge < -0.3 is 35.8 Å². The van der Waals surface area contributed by atoms with Crippen LogP contribution in [0.25, 0.3) is 39.1 Å². The average molecular weight is 585 g/mol. The number of carbonyl (C=O) groups is 2. The molecule has 4 unspecified atom stereocenters. The van der Waals surface area contributed by atoms with Crippen molar-refractivity contribution in [1.82, 2.24) is 20.6 Å². The quantitative estimate of drug-likeness (QED) is 0.199. The molecule has 0 fully saturated rings. The van der Waals surface area contributed by atoms with E-state index >= 15 is 0 Å². The van der Waals surface area contributed by atoms with Gasteiger partial charge in [0, 0.05) is 51.9 Å². The van der Waals surface area contributed by atoms with Crippen molar-refractivity contribution in [3.8, 4) is 28.2 Å². The predicted octanol–water partition coefficient (Wildman–Crippen LogP) is 4.17. The van der Waals surface area contributed by atoms with E-state index in [0.29, 0.717) is 17.9 Å². The molecule has 0 saturated heterocycles. The number of hydrogen-bond donors (Lipinski definition) is 5. The van der Waals surface area contributed by atoms with Crippen LogP contribution in [0.2, 0.25) is 0 Å². The lowest BCUT2D eigenvalue weighted by Crippen LogP contribution is -2.55. The fourth-order valence-corrected chi connectivity index (χ4v) is 7.24. The number of carbonyl (C=O) groups excluding carboxylic acids is 2. The molecule has 4 aliphatic rings. The topological polar surface area (TPSA) is 147 Å². The van der Waals surface area contributed by atoms with E-state index in [-0.39, 0.29) is 18.2 Å². The van der Waals surface area contributed by atoms with Crippen LogP contribution >= 0.6 is 0 Å². The van der Waals surface area contributed by atoms with E-state index < -0.39 is 29.6 Å². The molecular formula is C34H28N6O4. The van der Waals surface area contributed by atoms with Gasteiger partial charge in [0.05, 0.1) is 6.20 Å². The number of amides is 2. The Kier molecular flexibility index (Phi) is 5.06. The van der Waals surface area contributed by atoms with E-state index in [1.165, 1.54) is 0 Å². The molecule has 10 heteroatoms. The third kappa shape index (κ3) is 3.37. The summed E-state index contributed by atoms with van der Waals surface area (Å²) in [6.45, 7) is 1.70. The second kappa shape index (κ2) is 8.84. The lowest BCUT2D eigenvalue weighted by molar-refractivity contribution is -0.128. The molecule has 6 N–H and O–H groups in total. The minimum atomic E-state index is -0.969. The summed E-state index contributed by atoms with van der Waals surface area (Å²) in [5.41, 5.74) is 13.5. The van der Waals surface area contributed by atoms with Gasteiger partial charge in [-0.2, -0.15) is 0 Å². The number of oxazole rings is 1. The first-order valence-corrected chi connectivity index (χ1v) is 14.8. The summed E-state index contributed by atoms with van der Waals surface area (Å²) in [6.07, 6.45) is 5.75. The molecule has 218 valence electrons. The van der Waals surface area contributed by atoms with Crippen molar-refractivity contribution in [1.29, 1.82) is 0 Å². The van der Waals surface area contributed by atoms with Crippen LogP contribution in [-0.2, 0) is 21.4 Å². The van der Waals surface area contributed by atoms with E-state index in [1.807, 2.05) is 36.5 Å². The number of ether oxygens (including phenoxy) is 1. The summed E-state index contributed by atoms with van der Waals surface area (Å²) in [7, 11) is 0. The summed E-state index contributed by atoms with van der Waals surface area (Å²) in [5, 5.41) is 10.6. The first-order valence-electron chi connectivity index (χ1n) is 14.8. The molecule has 10 nitrogen and oxygen atoms in total. The number of H-pyrrole nitrogens is 1. The number of rotatable bonds is 1. The number of nitrogens with one attached hydrogen (secondary N) is 4. The molecule has 9 rings (SSSR count). The zero-order valence-electron chi connectivity index (χ0n) is 23.7. The van der Waals surface area contributed by atoms with Gasteiger partial charge in [0.15, 0.2) is 12.0 Å². The number of hydrogen-bond acceptors (Lipinski definition) is 7. The minimum Gasteiger partial charge on any atom is -0.469 e. The Morgan fingerprint density at radius 2 is 1.86 bits per heavy atom. The van der Waals surface area contributed by atoms with Crippen LogP contribution < -0.4 is 26.4 Å². The largest absolute Gasteiger partial charge is 0.469 e. The van der Waals surface area contributed by atoms with Gasteiger partial charge in [0.1, 0.15) is 22.9 Å². The van der Waals surface area contributed by atoms with Crippen LogP contribution in [0.3, 0.4) is 0 Å². The number of aromatic amines is 1. The zero-order valence-corrected chi connectivity index (χ0v) is 23.7. The highest BCUT2D eigenvalue weighted by Gasteiger charge is 2.56. The van der Waals surface area contributed by atoms with Crippen molar-refractivity contribution in [3.05, 3.63) is 95.6 Å².